The SMILES string of the molecule is COc1cc([C@H](CC(=O)N[C@H](C(=O)N2C[C@H]3C[C@@H](C2)c2cccc(=O)n2C3)C(C)C)c2oc(C)cc(=O)c2O)ccc1O. The number of aromatic hydroxyl groups is 2. The molecule has 4 atom stereocenters. The maximum Gasteiger partial charge on any atom is 0.250 e. The number of phenolic OH excluding ortho intramolecular Hbond substituents is 1. The van der Waals surface area contributed by atoms with Crippen LogP contribution in [0.25, 0.3) is 0 Å². The van der Waals surface area contributed by atoms with Crippen LogP contribution in [0.2, 0.25) is 0 Å². The van der Waals surface area contributed by atoms with Gasteiger partial charge in [-0.25, -0.2) is 0 Å². The number of hydrogen-bond acceptors (Lipinski definition) is 8. The summed E-state index contributed by atoms with van der Waals surface area (Å²) in [6.45, 7) is 6.78. The lowest BCUT2D eigenvalue weighted by molar-refractivity contribution is -0.140. The van der Waals surface area contributed by atoms with Gasteiger partial charge in [0.25, 0.3) is 5.56 Å². The molecule has 2 aliphatic rings. The first-order valence-corrected chi connectivity index (χ1v) is 14.4. The normalized spacial score (nSPS) is 19.0. The first kappa shape index (κ1) is 29.9. The second-order valence-corrected chi connectivity index (χ2v) is 11.9. The predicted molar refractivity (Wildman–Crippen MR) is 157 cm³/mol. The second-order valence-electron chi connectivity index (χ2n) is 11.9. The van der Waals surface area contributed by atoms with Gasteiger partial charge in [0.15, 0.2) is 17.3 Å². The number of carbonyl (C=O) groups is 2. The Bertz CT molecular complexity index is 1660. The van der Waals surface area contributed by atoms with Crippen molar-refractivity contribution in [2.24, 2.45) is 11.8 Å². The third-order valence-corrected chi connectivity index (χ3v) is 8.42. The van der Waals surface area contributed by atoms with E-state index in [0.717, 1.165) is 18.2 Å². The van der Waals surface area contributed by atoms with E-state index in [-0.39, 0.29) is 58.7 Å². The van der Waals surface area contributed by atoms with Gasteiger partial charge in [-0.2, -0.15) is 0 Å². The van der Waals surface area contributed by atoms with E-state index in [9.17, 15) is 29.4 Å². The van der Waals surface area contributed by atoms with Crippen LogP contribution >= 0.6 is 0 Å². The van der Waals surface area contributed by atoms with Gasteiger partial charge in [0.05, 0.1) is 13.0 Å². The molecule has 3 aromatic rings. The number of carbonyl (C=O) groups excluding carboxylic acids is 2. The topological polar surface area (TPSA) is 151 Å². The standard InChI is InChI=1S/C32H37N3O8/c1-17(2)29(32(41)34-14-19-11-21(16-34)23-6-5-7-28(39)35(23)15-19)33-27(38)13-22(20-8-9-24(36)26(12-20)42-4)31-30(40)25(37)10-18(3)43-31/h5-10,12,17,19,21-22,29,36,40H,11,13-16H2,1-4H3,(H,33,38)/t19-,21+,22+,29+/m1/s1. The quantitative estimate of drug-likeness (QED) is 0.362. The van der Waals surface area contributed by atoms with E-state index in [2.05, 4.69) is 5.32 Å². The molecule has 0 aliphatic carbocycles. The van der Waals surface area contributed by atoms with Crippen molar-refractivity contribution in [2.45, 2.75) is 58.0 Å². The lowest BCUT2D eigenvalue weighted by Gasteiger charge is -2.44. The lowest BCUT2D eigenvalue weighted by Crippen LogP contribution is -2.56. The minimum absolute atomic E-state index is 0.0319. The number of amides is 2. The molecule has 3 N–H and O–H groups in total. The summed E-state index contributed by atoms with van der Waals surface area (Å²) in [5, 5.41) is 23.7. The molecule has 1 fully saturated rings. The Hall–Kier alpha value is -4.54. The Morgan fingerprint density at radius 3 is 2.58 bits per heavy atom. The monoisotopic (exact) mass is 591 g/mol. The number of fused-ring (bicyclic) bond motifs is 4. The van der Waals surface area contributed by atoms with Crippen molar-refractivity contribution in [2.75, 3.05) is 20.2 Å². The van der Waals surface area contributed by atoms with Crippen molar-refractivity contribution < 1.29 is 29.0 Å². The van der Waals surface area contributed by atoms with Crippen LogP contribution in [0, 0.1) is 18.8 Å². The zero-order valence-electron chi connectivity index (χ0n) is 24.7. The summed E-state index contributed by atoms with van der Waals surface area (Å²) in [7, 11) is 1.38. The second kappa shape index (κ2) is 12.0. The zero-order valence-corrected chi connectivity index (χ0v) is 24.7. The van der Waals surface area contributed by atoms with Gasteiger partial charge in [0.1, 0.15) is 11.8 Å². The van der Waals surface area contributed by atoms with E-state index in [1.807, 2.05) is 19.9 Å². The van der Waals surface area contributed by atoms with Crippen molar-refractivity contribution in [1.29, 1.82) is 0 Å². The van der Waals surface area contributed by atoms with Crippen LogP contribution in [-0.2, 0) is 16.1 Å². The Kier molecular flexibility index (Phi) is 8.34. The maximum atomic E-state index is 13.9. The van der Waals surface area contributed by atoms with Crippen LogP contribution in [-0.4, -0.2) is 57.7 Å². The molecule has 43 heavy (non-hydrogen) atoms. The fourth-order valence-electron chi connectivity index (χ4n) is 6.34. The molecule has 1 aromatic carbocycles. The van der Waals surface area contributed by atoms with Crippen molar-refractivity contribution in [1.82, 2.24) is 14.8 Å². The molecule has 0 unspecified atom stereocenters. The maximum absolute atomic E-state index is 13.9. The molecular formula is C32H37N3O8. The van der Waals surface area contributed by atoms with E-state index < -0.39 is 29.0 Å². The van der Waals surface area contributed by atoms with Crippen molar-refractivity contribution >= 4 is 11.8 Å². The summed E-state index contributed by atoms with van der Waals surface area (Å²) in [4.78, 5) is 54.1. The van der Waals surface area contributed by atoms with Crippen LogP contribution < -0.4 is 21.0 Å². The molecule has 2 bridgehead atoms. The Balaban J connectivity index is 1.39. The van der Waals surface area contributed by atoms with Gasteiger partial charge in [0, 0.05) is 49.8 Å². The summed E-state index contributed by atoms with van der Waals surface area (Å²) < 4.78 is 12.8. The first-order chi connectivity index (χ1) is 20.5. The predicted octanol–water partition coefficient (Wildman–Crippen LogP) is 2.84. The number of methoxy groups -OCH3 is 1. The summed E-state index contributed by atoms with van der Waals surface area (Å²) in [6, 6.07) is 10.0. The number of aromatic nitrogens is 1. The number of likely N-dealkylation sites (tertiary alicyclic amines) is 1. The van der Waals surface area contributed by atoms with Gasteiger partial charge in [-0.15, -0.1) is 0 Å². The molecule has 2 aliphatic heterocycles. The van der Waals surface area contributed by atoms with Gasteiger partial charge in [-0.05, 0) is 48.9 Å². The number of pyridine rings is 1. The number of nitrogens with one attached hydrogen (secondary N) is 1. The van der Waals surface area contributed by atoms with Gasteiger partial charge in [0.2, 0.25) is 23.0 Å². The molecule has 1 saturated heterocycles. The fourth-order valence-corrected chi connectivity index (χ4v) is 6.34. The number of rotatable bonds is 8. The molecule has 11 nitrogen and oxygen atoms in total. The molecule has 228 valence electrons. The van der Waals surface area contributed by atoms with Crippen molar-refractivity contribution in [3.63, 3.8) is 0 Å². The molecule has 4 heterocycles. The van der Waals surface area contributed by atoms with Gasteiger partial charge >= 0.3 is 0 Å². The summed E-state index contributed by atoms with van der Waals surface area (Å²) in [5.74, 6) is -2.09. The smallest absolute Gasteiger partial charge is 0.250 e. The molecule has 5 rings (SSSR count). The van der Waals surface area contributed by atoms with Crippen LogP contribution in [0.4, 0.5) is 0 Å². The van der Waals surface area contributed by atoms with Crippen molar-refractivity contribution in [3.8, 4) is 17.2 Å². The van der Waals surface area contributed by atoms with Crippen LogP contribution in [0.1, 0.15) is 61.3 Å². The van der Waals surface area contributed by atoms with E-state index in [0.29, 0.717) is 25.2 Å². The Morgan fingerprint density at radius 1 is 1.09 bits per heavy atom. The summed E-state index contributed by atoms with van der Waals surface area (Å²) in [5.41, 5.74) is 0.706. The third kappa shape index (κ3) is 6.02. The summed E-state index contributed by atoms with van der Waals surface area (Å²) in [6.07, 6.45) is 0.640. The lowest BCUT2D eigenvalue weighted by atomic mass is 9.82. The molecule has 0 spiro atoms. The third-order valence-electron chi connectivity index (χ3n) is 8.42. The molecular weight excluding hydrogens is 554 g/mol. The minimum atomic E-state index is -0.922. The average molecular weight is 592 g/mol. The average Bonchev–Trinajstić information content (AvgIpc) is 2.97. The molecule has 0 saturated carbocycles. The van der Waals surface area contributed by atoms with E-state index in [4.69, 9.17) is 9.15 Å². The van der Waals surface area contributed by atoms with E-state index in [1.54, 1.807) is 34.6 Å². The number of benzene rings is 1. The first-order valence-electron chi connectivity index (χ1n) is 14.4. The van der Waals surface area contributed by atoms with E-state index in [1.165, 1.54) is 19.2 Å². The highest BCUT2D eigenvalue weighted by Crippen LogP contribution is 2.38. The number of ether oxygens (including phenoxy) is 1. The molecule has 0 radical (unpaired) electrons. The highest BCUT2D eigenvalue weighted by molar-refractivity contribution is 5.88. The van der Waals surface area contributed by atoms with Crippen molar-refractivity contribution in [3.05, 3.63) is 85.8 Å². The van der Waals surface area contributed by atoms with Crippen LogP contribution in [0.15, 0.2) is 56.5 Å². The van der Waals surface area contributed by atoms with Gasteiger partial charge < -0.3 is 34.2 Å². The molecule has 2 amide bonds. The number of phenols is 1. The highest BCUT2D eigenvalue weighted by Gasteiger charge is 2.39. The van der Waals surface area contributed by atoms with E-state index >= 15 is 0 Å². The number of piperidine rings is 1. The van der Waals surface area contributed by atoms with Gasteiger partial charge in [-0.3, -0.25) is 19.2 Å². The largest absolute Gasteiger partial charge is 0.504 e. The Labute approximate surface area is 248 Å². The number of aryl methyl sites for hydroxylation is 1. The zero-order chi connectivity index (χ0) is 31.0. The van der Waals surface area contributed by atoms with Gasteiger partial charge in [-0.1, -0.05) is 26.0 Å². The van der Waals surface area contributed by atoms with Crippen LogP contribution in [0.3, 0.4) is 0 Å². The van der Waals surface area contributed by atoms with Crippen LogP contribution in [0.5, 0.6) is 17.2 Å². The molecule has 11 heteroatoms. The minimum Gasteiger partial charge on any atom is -0.504 e. The summed E-state index contributed by atoms with van der Waals surface area (Å²) >= 11 is 0. The number of hydrogen-bond donors (Lipinski definition) is 3. The number of nitrogens with zero attached hydrogens (tertiary/aromatic N) is 2. The molecule has 2 aromatic heterocycles. The Morgan fingerprint density at radius 2 is 1.86 bits per heavy atom. The highest BCUT2D eigenvalue weighted by atomic mass is 16.5. The fraction of sp³-hybridized carbons (Fsp3) is 0.438.